The molecule has 110 valence electrons. The molecule has 2 aromatic rings. The van der Waals surface area contributed by atoms with Gasteiger partial charge in [0.15, 0.2) is 0 Å². The topological polar surface area (TPSA) is 58.4 Å². The van der Waals surface area contributed by atoms with Gasteiger partial charge in [-0.15, -0.1) is 0 Å². The number of anilines is 3. The third kappa shape index (κ3) is 2.97. The Morgan fingerprint density at radius 2 is 1.76 bits per heavy atom. The lowest BCUT2D eigenvalue weighted by molar-refractivity contribution is -0.383. The van der Waals surface area contributed by atoms with E-state index >= 15 is 0 Å². The summed E-state index contributed by atoms with van der Waals surface area (Å²) in [6.07, 6.45) is 0. The summed E-state index contributed by atoms with van der Waals surface area (Å²) >= 11 is 0. The maximum Gasteiger partial charge on any atom is 0.315 e. The largest absolute Gasteiger partial charge is 0.382 e. The van der Waals surface area contributed by atoms with E-state index in [1.54, 1.807) is 19.2 Å². The van der Waals surface area contributed by atoms with Gasteiger partial charge >= 0.3 is 5.69 Å². The van der Waals surface area contributed by atoms with Crippen molar-refractivity contribution in [3.8, 4) is 0 Å². The fourth-order valence-corrected chi connectivity index (χ4v) is 2.48. The van der Waals surface area contributed by atoms with E-state index in [0.29, 0.717) is 11.4 Å². The fourth-order valence-electron chi connectivity index (χ4n) is 2.48. The lowest BCUT2D eigenvalue weighted by Crippen LogP contribution is -2.13. The number of nitrogens with one attached hydrogen (secondary N) is 1. The quantitative estimate of drug-likeness (QED) is 0.681. The van der Waals surface area contributed by atoms with Crippen molar-refractivity contribution in [2.45, 2.75) is 13.8 Å². The number of nitrogens with zero attached hydrogens (tertiary/aromatic N) is 2. The molecule has 0 heterocycles. The minimum absolute atomic E-state index is 0.0849. The standard InChI is InChI=1S/C16H19N3O2/c1-11-8-12(2)10-13(9-11)18(4)15-7-5-6-14(17-3)16(15)19(20)21/h5-10,17H,1-4H3. The molecule has 0 aromatic heterocycles. The molecule has 5 nitrogen and oxygen atoms in total. The molecule has 0 amide bonds. The first-order valence-electron chi connectivity index (χ1n) is 6.71. The van der Waals surface area contributed by atoms with Crippen molar-refractivity contribution in [1.82, 2.24) is 0 Å². The summed E-state index contributed by atoms with van der Waals surface area (Å²) < 4.78 is 0. The van der Waals surface area contributed by atoms with Crippen molar-refractivity contribution >= 4 is 22.7 Å². The molecule has 0 aliphatic rings. The summed E-state index contributed by atoms with van der Waals surface area (Å²) in [6.45, 7) is 4.03. The second-order valence-electron chi connectivity index (χ2n) is 5.09. The van der Waals surface area contributed by atoms with Crippen LogP contribution < -0.4 is 10.2 Å². The van der Waals surface area contributed by atoms with Crippen LogP contribution in [0, 0.1) is 24.0 Å². The zero-order valence-electron chi connectivity index (χ0n) is 12.7. The second-order valence-corrected chi connectivity index (χ2v) is 5.09. The van der Waals surface area contributed by atoms with Crippen LogP contribution in [-0.4, -0.2) is 19.0 Å². The van der Waals surface area contributed by atoms with E-state index in [4.69, 9.17) is 0 Å². The van der Waals surface area contributed by atoms with Crippen LogP contribution in [0.25, 0.3) is 0 Å². The van der Waals surface area contributed by atoms with E-state index in [1.165, 1.54) is 0 Å². The fraction of sp³-hybridized carbons (Fsp3) is 0.250. The molecule has 0 unspecified atom stereocenters. The van der Waals surface area contributed by atoms with Gasteiger partial charge in [0.2, 0.25) is 0 Å². The Bertz CT molecular complexity index is 663. The Balaban J connectivity index is 2.57. The van der Waals surface area contributed by atoms with Crippen LogP contribution in [0.1, 0.15) is 11.1 Å². The Morgan fingerprint density at radius 1 is 1.14 bits per heavy atom. The molecular weight excluding hydrogens is 266 g/mol. The molecule has 0 atom stereocenters. The van der Waals surface area contributed by atoms with E-state index in [1.807, 2.05) is 44.0 Å². The third-order valence-corrected chi connectivity index (χ3v) is 3.42. The van der Waals surface area contributed by atoms with Gasteiger partial charge < -0.3 is 10.2 Å². The van der Waals surface area contributed by atoms with Crippen molar-refractivity contribution < 1.29 is 4.92 Å². The predicted molar refractivity (Wildman–Crippen MR) is 86.6 cm³/mol. The molecule has 0 radical (unpaired) electrons. The molecule has 0 bridgehead atoms. The summed E-state index contributed by atoms with van der Waals surface area (Å²) in [4.78, 5) is 12.9. The summed E-state index contributed by atoms with van der Waals surface area (Å²) in [7, 11) is 3.53. The number of hydrogen-bond acceptors (Lipinski definition) is 4. The summed E-state index contributed by atoms with van der Waals surface area (Å²) in [5, 5.41) is 14.3. The van der Waals surface area contributed by atoms with Crippen LogP contribution in [0.5, 0.6) is 0 Å². The number of benzene rings is 2. The van der Waals surface area contributed by atoms with E-state index < -0.39 is 0 Å². The third-order valence-electron chi connectivity index (χ3n) is 3.42. The minimum Gasteiger partial charge on any atom is -0.382 e. The zero-order valence-corrected chi connectivity index (χ0v) is 12.7. The molecule has 1 N–H and O–H groups in total. The molecule has 0 fully saturated rings. The number of nitro benzene ring substituents is 1. The van der Waals surface area contributed by atoms with Crippen LogP contribution in [0.4, 0.5) is 22.7 Å². The van der Waals surface area contributed by atoms with Crippen LogP contribution >= 0.6 is 0 Å². The van der Waals surface area contributed by atoms with Crippen molar-refractivity contribution in [3.63, 3.8) is 0 Å². The molecule has 0 aliphatic carbocycles. The maximum atomic E-state index is 11.4. The molecule has 2 rings (SSSR count). The number of hydrogen-bond donors (Lipinski definition) is 1. The van der Waals surface area contributed by atoms with Gasteiger partial charge in [0.1, 0.15) is 11.4 Å². The van der Waals surface area contributed by atoms with E-state index in [-0.39, 0.29) is 10.6 Å². The van der Waals surface area contributed by atoms with Gasteiger partial charge in [-0.25, -0.2) is 0 Å². The highest BCUT2D eigenvalue weighted by Gasteiger charge is 2.22. The highest BCUT2D eigenvalue weighted by molar-refractivity contribution is 5.80. The first-order chi connectivity index (χ1) is 9.93. The number of nitro groups is 1. The lowest BCUT2D eigenvalue weighted by atomic mass is 10.1. The van der Waals surface area contributed by atoms with Gasteiger partial charge in [-0.05, 0) is 49.2 Å². The molecule has 5 heteroatoms. The highest BCUT2D eigenvalue weighted by atomic mass is 16.6. The minimum atomic E-state index is -0.347. The zero-order chi connectivity index (χ0) is 15.6. The first kappa shape index (κ1) is 14.8. The molecule has 0 aliphatic heterocycles. The molecule has 2 aromatic carbocycles. The molecular formula is C16H19N3O2. The number of para-hydroxylation sites is 1. The normalized spacial score (nSPS) is 10.3. The molecule has 0 spiro atoms. The van der Waals surface area contributed by atoms with Gasteiger partial charge in [0.05, 0.1) is 4.92 Å². The Labute approximate surface area is 124 Å². The summed E-state index contributed by atoms with van der Waals surface area (Å²) in [5.74, 6) is 0. The van der Waals surface area contributed by atoms with Gasteiger partial charge in [-0.3, -0.25) is 10.1 Å². The number of aryl methyl sites for hydroxylation is 2. The van der Waals surface area contributed by atoms with Crippen LogP contribution in [0.2, 0.25) is 0 Å². The van der Waals surface area contributed by atoms with Crippen molar-refractivity contribution in [2.75, 3.05) is 24.3 Å². The van der Waals surface area contributed by atoms with Gasteiger partial charge in [-0.2, -0.15) is 0 Å². The number of rotatable bonds is 4. The predicted octanol–water partition coefficient (Wildman–Crippen LogP) is 4.02. The second kappa shape index (κ2) is 5.83. The lowest BCUT2D eigenvalue weighted by Gasteiger charge is -2.21. The first-order valence-corrected chi connectivity index (χ1v) is 6.71. The Hall–Kier alpha value is -2.56. The molecule has 0 saturated heterocycles. The average molecular weight is 285 g/mol. The maximum absolute atomic E-state index is 11.4. The van der Waals surface area contributed by atoms with Crippen molar-refractivity contribution in [3.05, 3.63) is 57.6 Å². The summed E-state index contributed by atoms with van der Waals surface area (Å²) in [6, 6.07) is 11.4. The summed E-state index contributed by atoms with van der Waals surface area (Å²) in [5.41, 5.74) is 4.35. The van der Waals surface area contributed by atoms with E-state index in [0.717, 1.165) is 16.8 Å². The van der Waals surface area contributed by atoms with E-state index in [9.17, 15) is 10.1 Å². The smallest absolute Gasteiger partial charge is 0.315 e. The van der Waals surface area contributed by atoms with Gasteiger partial charge in [0, 0.05) is 19.8 Å². The SMILES string of the molecule is CNc1cccc(N(C)c2cc(C)cc(C)c2)c1[N+](=O)[O-]. The highest BCUT2D eigenvalue weighted by Crippen LogP contribution is 2.38. The van der Waals surface area contributed by atoms with Crippen LogP contribution in [0.3, 0.4) is 0 Å². The monoisotopic (exact) mass is 285 g/mol. The van der Waals surface area contributed by atoms with Gasteiger partial charge in [0.25, 0.3) is 0 Å². The van der Waals surface area contributed by atoms with Crippen LogP contribution in [0.15, 0.2) is 36.4 Å². The Kier molecular flexibility index (Phi) is 4.12. The van der Waals surface area contributed by atoms with E-state index in [2.05, 4.69) is 11.4 Å². The van der Waals surface area contributed by atoms with Crippen molar-refractivity contribution in [2.24, 2.45) is 0 Å². The van der Waals surface area contributed by atoms with Gasteiger partial charge in [-0.1, -0.05) is 12.1 Å². The van der Waals surface area contributed by atoms with Crippen LogP contribution in [-0.2, 0) is 0 Å². The average Bonchev–Trinajstić information content (AvgIpc) is 2.44. The molecule has 21 heavy (non-hydrogen) atoms. The Morgan fingerprint density at radius 3 is 2.29 bits per heavy atom. The van der Waals surface area contributed by atoms with Crippen molar-refractivity contribution in [1.29, 1.82) is 0 Å². The molecule has 0 saturated carbocycles.